The van der Waals surface area contributed by atoms with Gasteiger partial charge in [-0.25, -0.2) is 4.79 Å². The van der Waals surface area contributed by atoms with Gasteiger partial charge in [-0.15, -0.1) is 10.2 Å². The average molecular weight is 542 g/mol. The van der Waals surface area contributed by atoms with E-state index in [4.69, 9.17) is 15.2 Å². The second-order valence-corrected chi connectivity index (χ2v) is 9.06. The van der Waals surface area contributed by atoms with Crippen LogP contribution < -0.4 is 16.4 Å². The number of nitrogens with two attached hydrogens (primary N) is 1. The molecule has 1 aromatic carbocycles. The van der Waals surface area contributed by atoms with Crippen molar-refractivity contribution in [3.63, 3.8) is 0 Å². The summed E-state index contributed by atoms with van der Waals surface area (Å²) in [7, 11) is 1.39. The summed E-state index contributed by atoms with van der Waals surface area (Å²) in [5.74, 6) is -0.805. The van der Waals surface area contributed by atoms with Crippen LogP contribution in [0.25, 0.3) is 5.65 Å². The molecular weight excluding hydrogens is 506 g/mol. The highest BCUT2D eigenvalue weighted by Crippen LogP contribution is 2.19. The first-order chi connectivity index (χ1) is 18.1. The number of carbonyl (C=O) groups is 4. The molecule has 3 rings (SSSR count). The second-order valence-electron chi connectivity index (χ2n) is 9.06. The number of hydrogen-bond donors (Lipinski definition) is 3. The first-order valence-corrected chi connectivity index (χ1v) is 11.8. The van der Waals surface area contributed by atoms with Gasteiger partial charge < -0.3 is 30.7 Å². The van der Waals surface area contributed by atoms with Gasteiger partial charge in [0.1, 0.15) is 24.7 Å². The Morgan fingerprint density at radius 3 is 2.49 bits per heavy atom. The van der Waals surface area contributed by atoms with Crippen molar-refractivity contribution < 1.29 is 28.7 Å². The summed E-state index contributed by atoms with van der Waals surface area (Å²) in [4.78, 5) is 48.5. The Balaban J connectivity index is 0.00000533. The lowest BCUT2D eigenvalue weighted by molar-refractivity contribution is -0.130. The Labute approximate surface area is 226 Å². The number of pyridine rings is 1. The van der Waals surface area contributed by atoms with Crippen LogP contribution in [0.1, 0.15) is 44.4 Å². The van der Waals surface area contributed by atoms with Crippen molar-refractivity contribution in [1.82, 2.24) is 30.1 Å². The van der Waals surface area contributed by atoms with E-state index in [9.17, 15) is 19.2 Å². The summed E-state index contributed by atoms with van der Waals surface area (Å²) >= 11 is 0. The van der Waals surface area contributed by atoms with Crippen molar-refractivity contribution in [3.8, 4) is 0 Å². The first kappa shape index (κ1) is 30.7. The number of rotatable bonds is 13. The van der Waals surface area contributed by atoms with Crippen LogP contribution in [0.3, 0.4) is 0 Å². The number of primary amides is 1. The van der Waals surface area contributed by atoms with Crippen LogP contribution >= 0.6 is 0 Å². The van der Waals surface area contributed by atoms with Crippen molar-refractivity contribution in [2.45, 2.75) is 46.1 Å². The molecule has 13 nitrogen and oxygen atoms in total. The zero-order valence-corrected chi connectivity index (χ0v) is 21.4. The summed E-state index contributed by atoms with van der Waals surface area (Å²) in [5.41, 5.74) is 5.84. The molecule has 1 atom stereocenters. The summed E-state index contributed by atoms with van der Waals surface area (Å²) in [6.07, 6.45) is -0.289. The predicted molar refractivity (Wildman–Crippen MR) is 142 cm³/mol. The van der Waals surface area contributed by atoms with Gasteiger partial charge in [0, 0.05) is 7.05 Å². The Morgan fingerprint density at radius 1 is 1.10 bits per heavy atom. The van der Waals surface area contributed by atoms with Gasteiger partial charge in [-0.2, -0.15) is 0 Å². The molecule has 0 fully saturated rings. The highest BCUT2D eigenvalue weighted by atomic mass is 16.6. The summed E-state index contributed by atoms with van der Waals surface area (Å²) in [6, 6.07) is 13.9. The standard InChI is InChI=1S/C25H31N7O6.CH4/c1-25(2,27-16-33)23(35)28-19(15-37-13-17-8-5-4-6-9-17)22-30-29-21-11-7-10-18(32(21)22)14-38-24(36)31(3)12-20(26)34;/h4-11,16,19H,12-15H2,1-3H3,(H2,26,34)(H,27,33)(H,28,35);1H4/t19-;/m1./s1. The molecule has 0 unspecified atom stereocenters. The number of likely N-dealkylation sites (N-methyl/N-ethyl adjacent to an activating group) is 1. The van der Waals surface area contributed by atoms with Gasteiger partial charge in [-0.1, -0.05) is 43.8 Å². The number of carbonyl (C=O) groups excluding carboxylic acids is 4. The topological polar surface area (TPSA) is 170 Å². The van der Waals surface area contributed by atoms with Crippen molar-refractivity contribution in [2.24, 2.45) is 5.73 Å². The van der Waals surface area contributed by atoms with Gasteiger partial charge in [-0.05, 0) is 31.5 Å². The molecule has 0 aliphatic heterocycles. The number of ether oxygens (including phenoxy) is 2. The molecule has 2 heterocycles. The lowest BCUT2D eigenvalue weighted by Crippen LogP contribution is -2.53. The predicted octanol–water partition coefficient (Wildman–Crippen LogP) is 1.32. The summed E-state index contributed by atoms with van der Waals surface area (Å²) < 4.78 is 12.9. The Morgan fingerprint density at radius 2 is 1.82 bits per heavy atom. The molecule has 0 radical (unpaired) electrons. The van der Waals surface area contributed by atoms with Gasteiger partial charge in [-0.3, -0.25) is 18.8 Å². The molecule has 13 heteroatoms. The van der Waals surface area contributed by atoms with Crippen molar-refractivity contribution in [1.29, 1.82) is 0 Å². The fourth-order valence-corrected chi connectivity index (χ4v) is 3.51. The number of fused-ring (bicyclic) bond motifs is 1. The number of aromatic nitrogens is 3. The minimum atomic E-state index is -1.21. The Kier molecular flexibility index (Phi) is 10.9. The molecule has 0 spiro atoms. The minimum Gasteiger partial charge on any atom is -0.443 e. The third-order valence-corrected chi connectivity index (χ3v) is 5.58. The summed E-state index contributed by atoms with van der Waals surface area (Å²) in [6.45, 7) is 2.99. The van der Waals surface area contributed by atoms with Crippen LogP contribution in [0.2, 0.25) is 0 Å². The van der Waals surface area contributed by atoms with Gasteiger partial charge >= 0.3 is 6.09 Å². The van der Waals surface area contributed by atoms with Gasteiger partial charge in [0.05, 0.1) is 18.9 Å². The molecule has 4 N–H and O–H groups in total. The largest absolute Gasteiger partial charge is 0.443 e. The molecule has 0 saturated heterocycles. The monoisotopic (exact) mass is 541 g/mol. The Bertz CT molecular complexity index is 1280. The van der Waals surface area contributed by atoms with Gasteiger partial charge in [0.25, 0.3) is 0 Å². The highest BCUT2D eigenvalue weighted by Gasteiger charge is 2.31. The van der Waals surface area contributed by atoms with Crippen LogP contribution in [-0.2, 0) is 37.1 Å². The van der Waals surface area contributed by atoms with Crippen LogP contribution in [-0.4, -0.2) is 69.6 Å². The maximum Gasteiger partial charge on any atom is 0.410 e. The van der Waals surface area contributed by atoms with Gasteiger partial charge in [0.2, 0.25) is 18.2 Å². The van der Waals surface area contributed by atoms with Gasteiger partial charge in [0.15, 0.2) is 11.5 Å². The third-order valence-electron chi connectivity index (χ3n) is 5.58. The number of hydrogen-bond acceptors (Lipinski definition) is 8. The zero-order valence-electron chi connectivity index (χ0n) is 21.4. The van der Waals surface area contributed by atoms with E-state index in [1.54, 1.807) is 36.4 Å². The van der Waals surface area contributed by atoms with Crippen LogP contribution in [0.4, 0.5) is 4.79 Å². The van der Waals surface area contributed by atoms with E-state index in [1.807, 2.05) is 30.3 Å². The number of nitrogens with one attached hydrogen (secondary N) is 2. The normalized spacial score (nSPS) is 11.7. The van der Waals surface area contributed by atoms with E-state index in [2.05, 4.69) is 20.8 Å². The number of nitrogens with zero attached hydrogens (tertiary/aromatic N) is 4. The highest BCUT2D eigenvalue weighted by molar-refractivity contribution is 5.87. The maximum absolute atomic E-state index is 13.0. The molecule has 4 amide bonds. The quantitative estimate of drug-likeness (QED) is 0.272. The average Bonchev–Trinajstić information content (AvgIpc) is 3.31. The molecule has 3 aromatic rings. The first-order valence-electron chi connectivity index (χ1n) is 11.8. The third kappa shape index (κ3) is 8.23. The van der Waals surface area contributed by atoms with Crippen LogP contribution in [0.15, 0.2) is 48.5 Å². The Hall–Kier alpha value is -4.52. The molecule has 0 aliphatic carbocycles. The van der Waals surface area contributed by atoms with Crippen molar-refractivity contribution >= 4 is 30.0 Å². The number of benzene rings is 1. The zero-order chi connectivity index (χ0) is 27.7. The van der Waals surface area contributed by atoms with Crippen LogP contribution in [0.5, 0.6) is 0 Å². The smallest absolute Gasteiger partial charge is 0.410 e. The van der Waals surface area contributed by atoms with E-state index in [-0.39, 0.29) is 33.8 Å². The van der Waals surface area contributed by atoms with E-state index < -0.39 is 29.5 Å². The molecule has 2 aromatic heterocycles. The van der Waals surface area contributed by atoms with E-state index in [1.165, 1.54) is 7.05 Å². The van der Waals surface area contributed by atoms with Crippen molar-refractivity contribution in [3.05, 3.63) is 65.6 Å². The fourth-order valence-electron chi connectivity index (χ4n) is 3.51. The molecule has 0 saturated carbocycles. The second kappa shape index (κ2) is 13.9. The lowest BCUT2D eigenvalue weighted by atomic mass is 10.0. The SMILES string of the molecule is C.CN(CC(N)=O)C(=O)OCc1cccc2nnc([C@@H](COCc3ccccc3)NC(=O)C(C)(C)NC=O)n12. The number of amides is 4. The molecule has 39 heavy (non-hydrogen) atoms. The van der Waals surface area contributed by atoms with E-state index in [0.29, 0.717) is 23.6 Å². The maximum atomic E-state index is 13.0. The van der Waals surface area contributed by atoms with Crippen molar-refractivity contribution in [2.75, 3.05) is 20.2 Å². The van der Waals surface area contributed by atoms with Crippen LogP contribution in [0, 0.1) is 0 Å². The van der Waals surface area contributed by atoms with E-state index in [0.717, 1.165) is 10.5 Å². The molecule has 0 aliphatic rings. The fraction of sp³-hybridized carbons (Fsp3) is 0.385. The molecule has 0 bridgehead atoms. The molecular formula is C26H35N7O6. The lowest BCUT2D eigenvalue weighted by Gasteiger charge is -2.26. The molecule has 210 valence electrons. The minimum absolute atomic E-state index is 0. The van der Waals surface area contributed by atoms with E-state index >= 15 is 0 Å². The summed E-state index contributed by atoms with van der Waals surface area (Å²) in [5, 5.41) is 13.8.